The Morgan fingerprint density at radius 2 is 1.56 bits per heavy atom. The fraction of sp³-hybridized carbons (Fsp3) is 0.200. The summed E-state index contributed by atoms with van der Waals surface area (Å²) in [5.41, 5.74) is 0.446. The Morgan fingerprint density at radius 1 is 1.00 bits per heavy atom. The van der Waals surface area contributed by atoms with Gasteiger partial charge in [-0.1, -0.05) is 6.92 Å². The highest BCUT2D eigenvalue weighted by molar-refractivity contribution is 5.10. The van der Waals surface area contributed by atoms with Crippen molar-refractivity contribution in [2.75, 3.05) is 0 Å². The van der Waals surface area contributed by atoms with Gasteiger partial charge in [-0.3, -0.25) is 0 Å². The van der Waals surface area contributed by atoms with E-state index in [0.717, 1.165) is 6.07 Å². The van der Waals surface area contributed by atoms with Crippen LogP contribution in [0.1, 0.15) is 12.5 Å². The van der Waals surface area contributed by atoms with Gasteiger partial charge in [0.2, 0.25) is 11.9 Å². The van der Waals surface area contributed by atoms with E-state index in [2.05, 4.69) is 19.9 Å². The summed E-state index contributed by atoms with van der Waals surface area (Å²) in [6.45, 7) is 1.79. The van der Waals surface area contributed by atoms with Crippen LogP contribution in [0.3, 0.4) is 0 Å². The predicted molar refractivity (Wildman–Crippen MR) is 53.4 cm³/mol. The molecular formula is C10H10F2N4. The summed E-state index contributed by atoms with van der Waals surface area (Å²) < 4.78 is 24.6. The van der Waals surface area contributed by atoms with Crippen molar-refractivity contribution in [2.24, 2.45) is 0 Å². The van der Waals surface area contributed by atoms with Gasteiger partial charge in [0.1, 0.15) is 19.0 Å². The number of aryl methyl sites for hydroxylation is 1. The first-order valence-electron chi connectivity index (χ1n) is 4.60. The third-order valence-corrected chi connectivity index (χ3v) is 1.67. The van der Waals surface area contributed by atoms with Crippen LogP contribution in [0.15, 0.2) is 31.1 Å². The average molecular weight is 224 g/mol. The molecule has 4 nitrogen and oxygen atoms in total. The van der Waals surface area contributed by atoms with Gasteiger partial charge in [0.05, 0.1) is 0 Å². The van der Waals surface area contributed by atoms with Crippen molar-refractivity contribution in [2.45, 2.75) is 13.3 Å². The first kappa shape index (κ1) is 12.1. The molecular weight excluding hydrogens is 214 g/mol. The number of pyridine rings is 1. The van der Waals surface area contributed by atoms with Crippen LogP contribution in [0.25, 0.3) is 0 Å². The van der Waals surface area contributed by atoms with Crippen molar-refractivity contribution in [3.63, 3.8) is 0 Å². The highest BCUT2D eigenvalue weighted by atomic mass is 19.1. The summed E-state index contributed by atoms with van der Waals surface area (Å²) >= 11 is 0. The fourth-order valence-electron chi connectivity index (χ4n) is 0.910. The second-order valence-electron chi connectivity index (χ2n) is 2.73. The Morgan fingerprint density at radius 3 is 1.94 bits per heavy atom. The van der Waals surface area contributed by atoms with Crippen molar-refractivity contribution in [3.8, 4) is 0 Å². The Balaban J connectivity index is 0.000000181. The van der Waals surface area contributed by atoms with E-state index in [9.17, 15) is 8.78 Å². The molecule has 0 bridgehead atoms. The average Bonchev–Trinajstić information content (AvgIpc) is 2.32. The second kappa shape index (κ2) is 6.49. The highest BCUT2D eigenvalue weighted by Gasteiger charge is 2.01. The van der Waals surface area contributed by atoms with Crippen LogP contribution in [-0.4, -0.2) is 19.9 Å². The van der Waals surface area contributed by atoms with Gasteiger partial charge in [0, 0.05) is 5.56 Å². The fourth-order valence-corrected chi connectivity index (χ4v) is 0.910. The number of halogens is 2. The maximum Gasteiger partial charge on any atom is 0.218 e. The molecule has 0 unspecified atom stereocenters. The molecule has 0 amide bonds. The van der Waals surface area contributed by atoms with Crippen LogP contribution < -0.4 is 0 Å². The zero-order valence-corrected chi connectivity index (χ0v) is 8.64. The highest BCUT2D eigenvalue weighted by Crippen LogP contribution is 2.05. The number of hydrogen-bond donors (Lipinski definition) is 0. The summed E-state index contributed by atoms with van der Waals surface area (Å²) in [6.07, 6.45) is 4.85. The Bertz CT molecular complexity index is 396. The molecule has 0 saturated carbocycles. The molecule has 0 aliphatic rings. The van der Waals surface area contributed by atoms with E-state index in [1.54, 1.807) is 6.92 Å². The van der Waals surface area contributed by atoms with E-state index in [-0.39, 0.29) is 0 Å². The number of nitrogens with zero attached hydrogens (tertiary/aromatic N) is 4. The molecule has 6 heteroatoms. The molecule has 0 atom stereocenters. The number of aromatic nitrogens is 4. The smallest absolute Gasteiger partial charge is 0.218 e. The van der Waals surface area contributed by atoms with Gasteiger partial charge < -0.3 is 0 Å². The maximum atomic E-state index is 12.5. The van der Waals surface area contributed by atoms with Gasteiger partial charge in [0.25, 0.3) is 0 Å². The standard InChI is InChI=1S/C7H7F2N.C3H3N3/c1-2-5-3-4-6(8)10-7(5)9;1-4-2-6-3-5-1/h3-4H,2H2,1H3;1-3H. The zero-order chi connectivity index (χ0) is 11.8. The molecule has 2 aromatic rings. The summed E-state index contributed by atoms with van der Waals surface area (Å²) in [5.74, 6) is -1.47. The van der Waals surface area contributed by atoms with E-state index in [1.165, 1.54) is 25.0 Å². The lowest BCUT2D eigenvalue weighted by molar-refractivity contribution is 0.504. The van der Waals surface area contributed by atoms with Gasteiger partial charge in [-0.25, -0.2) is 15.0 Å². The Hall–Kier alpha value is -1.98. The number of rotatable bonds is 1. The van der Waals surface area contributed by atoms with E-state index in [1.807, 2.05) is 0 Å². The molecule has 0 saturated heterocycles. The van der Waals surface area contributed by atoms with Crippen LogP contribution in [0.2, 0.25) is 0 Å². The van der Waals surface area contributed by atoms with E-state index in [0.29, 0.717) is 12.0 Å². The summed E-state index contributed by atoms with van der Waals surface area (Å²) in [7, 11) is 0. The SMILES string of the molecule is CCc1ccc(F)nc1F.c1ncncn1. The molecule has 16 heavy (non-hydrogen) atoms. The van der Waals surface area contributed by atoms with E-state index in [4.69, 9.17) is 0 Å². The van der Waals surface area contributed by atoms with Gasteiger partial charge in [-0.05, 0) is 18.6 Å². The summed E-state index contributed by atoms with van der Waals surface area (Å²) in [4.78, 5) is 13.7. The lowest BCUT2D eigenvalue weighted by atomic mass is 10.2. The van der Waals surface area contributed by atoms with Gasteiger partial charge in [0.15, 0.2) is 0 Å². The van der Waals surface area contributed by atoms with Crippen LogP contribution in [0, 0.1) is 11.9 Å². The van der Waals surface area contributed by atoms with Gasteiger partial charge >= 0.3 is 0 Å². The normalized spacial score (nSPS) is 9.19. The lowest BCUT2D eigenvalue weighted by Gasteiger charge is -1.95. The molecule has 2 aromatic heterocycles. The molecule has 0 fully saturated rings. The lowest BCUT2D eigenvalue weighted by Crippen LogP contribution is -1.93. The summed E-state index contributed by atoms with van der Waals surface area (Å²) in [6, 6.07) is 2.56. The Kier molecular flexibility index (Phi) is 4.91. The molecule has 0 aliphatic carbocycles. The monoisotopic (exact) mass is 224 g/mol. The maximum absolute atomic E-state index is 12.5. The van der Waals surface area contributed by atoms with E-state index < -0.39 is 11.9 Å². The Labute approximate surface area is 91.4 Å². The van der Waals surface area contributed by atoms with Crippen molar-refractivity contribution >= 4 is 0 Å². The molecule has 0 N–H and O–H groups in total. The van der Waals surface area contributed by atoms with Crippen LogP contribution in [0.4, 0.5) is 8.78 Å². The minimum Gasteiger partial charge on any atom is -0.225 e. The third-order valence-electron chi connectivity index (χ3n) is 1.67. The third kappa shape index (κ3) is 4.04. The van der Waals surface area contributed by atoms with Crippen LogP contribution in [0.5, 0.6) is 0 Å². The van der Waals surface area contributed by atoms with Crippen LogP contribution in [-0.2, 0) is 6.42 Å². The molecule has 84 valence electrons. The van der Waals surface area contributed by atoms with Crippen LogP contribution >= 0.6 is 0 Å². The van der Waals surface area contributed by atoms with Crippen molar-refractivity contribution in [1.29, 1.82) is 0 Å². The molecule has 2 rings (SSSR count). The molecule has 0 aromatic carbocycles. The second-order valence-corrected chi connectivity index (χ2v) is 2.73. The first-order chi connectivity index (χ1) is 7.74. The zero-order valence-electron chi connectivity index (χ0n) is 8.64. The predicted octanol–water partition coefficient (Wildman–Crippen LogP) is 1.79. The minimum absolute atomic E-state index is 0.446. The van der Waals surface area contributed by atoms with Crippen molar-refractivity contribution in [3.05, 3.63) is 48.6 Å². The number of hydrogen-bond acceptors (Lipinski definition) is 4. The quantitative estimate of drug-likeness (QED) is 0.693. The first-order valence-corrected chi connectivity index (χ1v) is 4.60. The molecule has 0 aliphatic heterocycles. The minimum atomic E-state index is -0.769. The van der Waals surface area contributed by atoms with Gasteiger partial charge in [-0.15, -0.1) is 0 Å². The van der Waals surface area contributed by atoms with E-state index >= 15 is 0 Å². The summed E-state index contributed by atoms with van der Waals surface area (Å²) in [5, 5.41) is 0. The van der Waals surface area contributed by atoms with Crippen molar-refractivity contribution in [1.82, 2.24) is 19.9 Å². The van der Waals surface area contributed by atoms with Crippen molar-refractivity contribution < 1.29 is 8.78 Å². The molecule has 0 radical (unpaired) electrons. The largest absolute Gasteiger partial charge is 0.225 e. The van der Waals surface area contributed by atoms with Gasteiger partial charge in [-0.2, -0.15) is 13.8 Å². The molecule has 2 heterocycles. The topological polar surface area (TPSA) is 51.6 Å². The molecule has 0 spiro atoms.